The Balaban J connectivity index is 1.74. The van der Waals surface area contributed by atoms with E-state index < -0.39 is 28.7 Å². The summed E-state index contributed by atoms with van der Waals surface area (Å²) in [5.41, 5.74) is 1.40. The van der Waals surface area contributed by atoms with Crippen molar-refractivity contribution in [2.24, 2.45) is 11.8 Å². The van der Waals surface area contributed by atoms with Gasteiger partial charge >= 0.3 is 5.97 Å². The topological polar surface area (TPSA) is 87.2 Å². The average molecular weight is 547 g/mol. The van der Waals surface area contributed by atoms with E-state index in [-0.39, 0.29) is 42.8 Å². The van der Waals surface area contributed by atoms with Crippen LogP contribution in [0.15, 0.2) is 43.5 Å². The van der Waals surface area contributed by atoms with Crippen LogP contribution >= 0.6 is 23.4 Å². The van der Waals surface area contributed by atoms with Crippen LogP contribution in [0.25, 0.3) is 0 Å². The van der Waals surface area contributed by atoms with Crippen LogP contribution in [0.1, 0.15) is 38.2 Å². The maximum atomic E-state index is 14.5. The number of esters is 1. The fraction of sp³-hybridized carbons (Fsp3) is 0.536. The summed E-state index contributed by atoms with van der Waals surface area (Å²) in [4.78, 5) is 44.8. The maximum absolute atomic E-state index is 14.5. The number of para-hydroxylation sites is 1. The normalized spacial score (nSPS) is 28.6. The van der Waals surface area contributed by atoms with Crippen molar-refractivity contribution < 1.29 is 24.2 Å². The SMILES string of the molecule is C=CCCCOC(=O)[C@@H]1[C@@H]2CCC3(S2)C(C(=O)N(CC=C)c2c(C)cccc2Cl)N([C@H](C)CO)C(=O)[C@H]13. The lowest BCUT2D eigenvalue weighted by Gasteiger charge is -2.39. The number of hydrogen-bond donors (Lipinski definition) is 1. The van der Waals surface area contributed by atoms with Crippen molar-refractivity contribution in [1.82, 2.24) is 4.90 Å². The Kier molecular flexibility index (Phi) is 8.41. The molecule has 0 aliphatic carbocycles. The number of thioether (sulfide) groups is 1. The average Bonchev–Trinajstić information content (AvgIpc) is 3.52. The van der Waals surface area contributed by atoms with E-state index in [1.807, 2.05) is 19.1 Å². The minimum Gasteiger partial charge on any atom is -0.465 e. The van der Waals surface area contributed by atoms with Gasteiger partial charge in [-0.1, -0.05) is 35.9 Å². The highest BCUT2D eigenvalue weighted by Crippen LogP contribution is 2.67. The van der Waals surface area contributed by atoms with Gasteiger partial charge in [0.05, 0.1) is 46.5 Å². The summed E-state index contributed by atoms with van der Waals surface area (Å²) < 4.78 is 4.82. The number of fused-ring (bicyclic) bond motifs is 1. The highest BCUT2D eigenvalue weighted by atomic mass is 35.5. The fourth-order valence-corrected chi connectivity index (χ4v) is 8.74. The Morgan fingerprint density at radius 2 is 2.14 bits per heavy atom. The molecule has 1 aromatic rings. The van der Waals surface area contributed by atoms with Crippen LogP contribution in [0.2, 0.25) is 5.02 Å². The highest BCUT2D eigenvalue weighted by molar-refractivity contribution is 8.02. The zero-order valence-corrected chi connectivity index (χ0v) is 23.0. The third-order valence-electron chi connectivity index (χ3n) is 7.82. The molecule has 37 heavy (non-hydrogen) atoms. The molecule has 1 N–H and O–H groups in total. The summed E-state index contributed by atoms with van der Waals surface area (Å²) in [5, 5.41) is 10.4. The number of benzene rings is 1. The molecular formula is C28H35ClN2O5S. The number of anilines is 1. The number of amides is 2. The first kappa shape index (κ1) is 27.7. The van der Waals surface area contributed by atoms with Crippen LogP contribution in [0.5, 0.6) is 0 Å². The minimum absolute atomic E-state index is 0.0855. The number of carbonyl (C=O) groups excluding carboxylic acids is 3. The van der Waals surface area contributed by atoms with Crippen molar-refractivity contribution in [3.05, 3.63) is 54.1 Å². The third-order valence-corrected chi connectivity index (χ3v) is 10.1. The molecule has 2 amide bonds. The number of nitrogens with zero attached hydrogens (tertiary/aromatic N) is 2. The lowest BCUT2D eigenvalue weighted by atomic mass is 9.71. The van der Waals surface area contributed by atoms with Gasteiger partial charge in [0.1, 0.15) is 6.04 Å². The number of carbonyl (C=O) groups is 3. The number of likely N-dealkylation sites (tertiary alicyclic amines) is 1. The largest absolute Gasteiger partial charge is 0.465 e. The number of hydrogen-bond acceptors (Lipinski definition) is 6. The molecule has 2 unspecified atom stereocenters. The van der Waals surface area contributed by atoms with Gasteiger partial charge < -0.3 is 19.6 Å². The molecule has 6 atom stereocenters. The summed E-state index contributed by atoms with van der Waals surface area (Å²) in [5.74, 6) is -2.21. The van der Waals surface area contributed by atoms with Gasteiger partial charge in [0.2, 0.25) is 5.91 Å². The molecule has 0 aromatic heterocycles. The van der Waals surface area contributed by atoms with Gasteiger partial charge in [0.25, 0.3) is 5.91 Å². The molecule has 7 nitrogen and oxygen atoms in total. The van der Waals surface area contributed by atoms with Crippen molar-refractivity contribution in [3.63, 3.8) is 0 Å². The molecule has 3 fully saturated rings. The summed E-state index contributed by atoms with van der Waals surface area (Å²) in [7, 11) is 0. The van der Waals surface area contributed by atoms with E-state index in [1.54, 1.807) is 41.8 Å². The van der Waals surface area contributed by atoms with Gasteiger partial charge in [-0.2, -0.15) is 0 Å². The second kappa shape index (κ2) is 11.2. The van der Waals surface area contributed by atoms with E-state index in [0.29, 0.717) is 23.6 Å². The van der Waals surface area contributed by atoms with Crippen LogP contribution in [0.4, 0.5) is 5.69 Å². The van der Waals surface area contributed by atoms with Crippen molar-refractivity contribution >= 4 is 46.8 Å². The van der Waals surface area contributed by atoms with E-state index >= 15 is 0 Å². The second-order valence-electron chi connectivity index (χ2n) is 10.1. The molecule has 3 saturated heterocycles. The summed E-state index contributed by atoms with van der Waals surface area (Å²) in [6.45, 7) is 11.3. The summed E-state index contributed by atoms with van der Waals surface area (Å²) in [6.07, 6.45) is 6.17. The lowest BCUT2D eigenvalue weighted by Crippen LogP contribution is -2.57. The number of rotatable bonds is 11. The molecular weight excluding hydrogens is 512 g/mol. The Bertz CT molecular complexity index is 1080. The van der Waals surface area contributed by atoms with Crippen molar-refractivity contribution in [1.29, 1.82) is 0 Å². The molecule has 3 aliphatic heterocycles. The number of ether oxygens (including phenoxy) is 1. The molecule has 4 rings (SSSR count). The Labute approximate surface area is 227 Å². The molecule has 1 spiro atoms. The first-order valence-electron chi connectivity index (χ1n) is 12.8. The number of unbranched alkanes of at least 4 members (excludes halogenated alkanes) is 1. The van der Waals surface area contributed by atoms with Gasteiger partial charge in [0, 0.05) is 11.8 Å². The van der Waals surface area contributed by atoms with Gasteiger partial charge in [-0.3, -0.25) is 14.4 Å². The number of halogens is 1. The van der Waals surface area contributed by atoms with Gasteiger partial charge in [0.15, 0.2) is 0 Å². The predicted molar refractivity (Wildman–Crippen MR) is 147 cm³/mol. The van der Waals surface area contributed by atoms with E-state index in [9.17, 15) is 19.5 Å². The monoisotopic (exact) mass is 546 g/mol. The molecule has 2 bridgehead atoms. The zero-order chi connectivity index (χ0) is 26.9. The van der Waals surface area contributed by atoms with E-state index in [0.717, 1.165) is 18.4 Å². The van der Waals surface area contributed by atoms with Crippen LogP contribution < -0.4 is 4.90 Å². The summed E-state index contributed by atoms with van der Waals surface area (Å²) in [6, 6.07) is 4.00. The van der Waals surface area contributed by atoms with E-state index in [4.69, 9.17) is 16.3 Å². The Morgan fingerprint density at radius 3 is 2.78 bits per heavy atom. The van der Waals surface area contributed by atoms with E-state index in [2.05, 4.69) is 13.2 Å². The number of aliphatic hydroxyl groups is 1. The van der Waals surface area contributed by atoms with Crippen LogP contribution in [-0.2, 0) is 19.1 Å². The third kappa shape index (κ3) is 4.61. The van der Waals surface area contributed by atoms with Crippen molar-refractivity contribution in [2.45, 2.75) is 61.6 Å². The smallest absolute Gasteiger partial charge is 0.310 e. The van der Waals surface area contributed by atoms with Crippen LogP contribution in [0, 0.1) is 18.8 Å². The van der Waals surface area contributed by atoms with Crippen molar-refractivity contribution in [3.8, 4) is 0 Å². The van der Waals surface area contributed by atoms with Crippen LogP contribution in [-0.4, -0.2) is 69.6 Å². The van der Waals surface area contributed by atoms with Gasteiger partial charge in [-0.25, -0.2) is 0 Å². The molecule has 1 aromatic carbocycles. The molecule has 200 valence electrons. The molecule has 0 radical (unpaired) electrons. The lowest BCUT2D eigenvalue weighted by molar-refractivity contribution is -0.154. The zero-order valence-electron chi connectivity index (χ0n) is 21.4. The first-order valence-corrected chi connectivity index (χ1v) is 14.0. The van der Waals surface area contributed by atoms with Crippen LogP contribution in [0.3, 0.4) is 0 Å². The molecule has 9 heteroatoms. The quantitative estimate of drug-likeness (QED) is 0.255. The Morgan fingerprint density at radius 1 is 1.38 bits per heavy atom. The Hall–Kier alpha value is -2.29. The van der Waals surface area contributed by atoms with E-state index in [1.165, 1.54) is 4.90 Å². The molecule has 3 aliphatic rings. The van der Waals surface area contributed by atoms with Gasteiger partial charge in [-0.15, -0.1) is 24.9 Å². The maximum Gasteiger partial charge on any atom is 0.310 e. The van der Waals surface area contributed by atoms with Crippen molar-refractivity contribution in [2.75, 3.05) is 24.7 Å². The fourth-order valence-electron chi connectivity index (χ4n) is 6.23. The first-order chi connectivity index (χ1) is 17.7. The predicted octanol–water partition coefficient (Wildman–Crippen LogP) is 4.15. The number of allylic oxidation sites excluding steroid dienone is 1. The molecule has 0 saturated carbocycles. The number of aliphatic hydroxyl groups excluding tert-OH is 1. The minimum atomic E-state index is -0.851. The molecule has 3 heterocycles. The summed E-state index contributed by atoms with van der Waals surface area (Å²) >= 11 is 8.14. The standard InChI is InChI=1S/C28H35ClN2O5S/c1-5-7-8-15-36-27(35)21-20-12-13-28(37-20)22(21)25(33)31(18(4)16-32)24(28)26(34)30(14-6-2)23-17(3)10-9-11-19(23)29/h5-6,9-11,18,20-22,24,32H,1-2,7-8,12-16H2,3-4H3/t18-,20+,21-,22+,24?,28?/m1/s1. The van der Waals surface area contributed by atoms with Gasteiger partial charge in [-0.05, 0) is 51.2 Å². The number of aryl methyl sites for hydroxylation is 1. The second-order valence-corrected chi connectivity index (χ2v) is 12.1. The highest BCUT2D eigenvalue weighted by Gasteiger charge is 2.74.